The van der Waals surface area contributed by atoms with Gasteiger partial charge in [-0.2, -0.15) is 0 Å². The molecule has 0 aromatic heterocycles. The molecule has 3 rings (SSSR count). The number of thioether (sulfide) groups is 1. The lowest BCUT2D eigenvalue weighted by Gasteiger charge is -2.19. The first-order chi connectivity index (χ1) is 14.5. The molecular formula is C24H21NO4S. The maximum absolute atomic E-state index is 13.0. The molecule has 1 atom stereocenters. The first-order valence-corrected chi connectivity index (χ1v) is 10.5. The highest BCUT2D eigenvalue weighted by Crippen LogP contribution is 2.26. The van der Waals surface area contributed by atoms with Gasteiger partial charge in [0.25, 0.3) is 5.91 Å². The van der Waals surface area contributed by atoms with Crippen LogP contribution in [-0.4, -0.2) is 23.9 Å². The van der Waals surface area contributed by atoms with Crippen LogP contribution in [0.15, 0.2) is 83.8 Å². The fourth-order valence-electron chi connectivity index (χ4n) is 2.91. The largest absolute Gasteiger partial charge is 0.444 e. The van der Waals surface area contributed by atoms with E-state index in [4.69, 9.17) is 4.74 Å². The van der Waals surface area contributed by atoms with Crippen LogP contribution < -0.4 is 5.32 Å². The number of carbonyl (C=O) groups is 3. The van der Waals surface area contributed by atoms with Crippen LogP contribution in [-0.2, 0) is 9.53 Å². The van der Waals surface area contributed by atoms with Gasteiger partial charge in [0.15, 0.2) is 5.78 Å². The molecule has 1 amide bonds. The molecule has 5 nitrogen and oxygen atoms in total. The van der Waals surface area contributed by atoms with Gasteiger partial charge in [0.2, 0.25) is 6.10 Å². The highest BCUT2D eigenvalue weighted by Gasteiger charge is 2.26. The third kappa shape index (κ3) is 5.15. The van der Waals surface area contributed by atoms with E-state index in [1.54, 1.807) is 60.7 Å². The zero-order chi connectivity index (χ0) is 21.5. The predicted octanol–water partition coefficient (Wildman–Crippen LogP) is 5.15. The molecule has 0 fully saturated rings. The standard InChI is InChI=1S/C24H21NO4S/c1-16(26)18-11-8-12-19(15-18)25-23(27)22(17-9-4-3-5-10-17)29-24(28)20-13-6-7-14-21(20)30-2/h3-15,22H,1-2H3,(H,25,27)/t22-/m1/s1. The number of rotatable bonds is 7. The van der Waals surface area contributed by atoms with Crippen molar-refractivity contribution >= 4 is 35.1 Å². The van der Waals surface area contributed by atoms with Crippen LogP contribution in [0.25, 0.3) is 0 Å². The smallest absolute Gasteiger partial charge is 0.340 e. The van der Waals surface area contributed by atoms with Crippen LogP contribution >= 0.6 is 11.8 Å². The van der Waals surface area contributed by atoms with Gasteiger partial charge in [0.05, 0.1) is 5.56 Å². The maximum atomic E-state index is 13.0. The summed E-state index contributed by atoms with van der Waals surface area (Å²) in [5.74, 6) is -1.19. The van der Waals surface area contributed by atoms with E-state index >= 15 is 0 Å². The Hall–Kier alpha value is -3.38. The number of ketones is 1. The van der Waals surface area contributed by atoms with Gasteiger partial charge >= 0.3 is 5.97 Å². The van der Waals surface area contributed by atoms with Crippen molar-refractivity contribution in [3.8, 4) is 0 Å². The Labute approximate surface area is 179 Å². The summed E-state index contributed by atoms with van der Waals surface area (Å²) in [6.45, 7) is 1.46. The van der Waals surface area contributed by atoms with Crippen LogP contribution in [0.3, 0.4) is 0 Å². The van der Waals surface area contributed by atoms with E-state index in [9.17, 15) is 14.4 Å². The molecule has 0 spiro atoms. The lowest BCUT2D eigenvalue weighted by molar-refractivity contribution is -0.125. The summed E-state index contributed by atoms with van der Waals surface area (Å²) in [5.41, 5.74) is 1.88. The normalized spacial score (nSPS) is 11.4. The Bertz CT molecular complexity index is 1070. The second-order valence-electron chi connectivity index (χ2n) is 6.52. The average molecular weight is 420 g/mol. The highest BCUT2D eigenvalue weighted by molar-refractivity contribution is 7.98. The van der Waals surface area contributed by atoms with Gasteiger partial charge in [-0.3, -0.25) is 9.59 Å². The minimum absolute atomic E-state index is 0.106. The molecule has 0 saturated carbocycles. The number of hydrogen-bond donors (Lipinski definition) is 1. The van der Waals surface area contributed by atoms with Crippen molar-refractivity contribution in [2.45, 2.75) is 17.9 Å². The number of anilines is 1. The molecule has 0 aliphatic heterocycles. The molecule has 3 aromatic carbocycles. The van der Waals surface area contributed by atoms with E-state index in [0.29, 0.717) is 22.4 Å². The van der Waals surface area contributed by atoms with E-state index in [-0.39, 0.29) is 5.78 Å². The molecule has 0 unspecified atom stereocenters. The van der Waals surface area contributed by atoms with Crippen molar-refractivity contribution in [2.24, 2.45) is 0 Å². The summed E-state index contributed by atoms with van der Waals surface area (Å²) in [6, 6.07) is 22.5. The molecule has 6 heteroatoms. The molecule has 0 aliphatic carbocycles. The van der Waals surface area contributed by atoms with Gasteiger partial charge in [0.1, 0.15) is 0 Å². The van der Waals surface area contributed by atoms with E-state index in [2.05, 4.69) is 5.32 Å². The van der Waals surface area contributed by atoms with Gasteiger partial charge in [-0.15, -0.1) is 11.8 Å². The number of amides is 1. The van der Waals surface area contributed by atoms with E-state index < -0.39 is 18.0 Å². The summed E-state index contributed by atoms with van der Waals surface area (Å²) >= 11 is 1.43. The Morgan fingerprint density at radius 1 is 0.900 bits per heavy atom. The first-order valence-electron chi connectivity index (χ1n) is 9.30. The third-order valence-corrected chi connectivity index (χ3v) is 5.22. The Morgan fingerprint density at radius 3 is 2.30 bits per heavy atom. The van der Waals surface area contributed by atoms with Gasteiger partial charge < -0.3 is 10.1 Å². The number of esters is 1. The molecule has 0 radical (unpaired) electrons. The third-order valence-electron chi connectivity index (χ3n) is 4.43. The van der Waals surface area contributed by atoms with Crippen LogP contribution in [0.4, 0.5) is 5.69 Å². The quantitative estimate of drug-likeness (QED) is 0.326. The van der Waals surface area contributed by atoms with Crippen molar-refractivity contribution < 1.29 is 19.1 Å². The van der Waals surface area contributed by atoms with Gasteiger partial charge in [0, 0.05) is 21.7 Å². The van der Waals surface area contributed by atoms with Crippen molar-refractivity contribution in [3.63, 3.8) is 0 Å². The van der Waals surface area contributed by atoms with Crippen molar-refractivity contribution in [2.75, 3.05) is 11.6 Å². The predicted molar refractivity (Wildman–Crippen MR) is 118 cm³/mol. The zero-order valence-electron chi connectivity index (χ0n) is 16.6. The second kappa shape index (κ2) is 9.89. The molecule has 0 bridgehead atoms. The molecule has 30 heavy (non-hydrogen) atoms. The number of nitrogens with one attached hydrogen (secondary N) is 1. The van der Waals surface area contributed by atoms with E-state index in [0.717, 1.165) is 4.90 Å². The van der Waals surface area contributed by atoms with Gasteiger partial charge in [-0.05, 0) is 37.4 Å². The minimum atomic E-state index is -1.14. The van der Waals surface area contributed by atoms with Crippen LogP contribution in [0.5, 0.6) is 0 Å². The highest BCUT2D eigenvalue weighted by atomic mass is 32.2. The minimum Gasteiger partial charge on any atom is -0.444 e. The van der Waals surface area contributed by atoms with Crippen molar-refractivity contribution in [3.05, 3.63) is 95.6 Å². The van der Waals surface area contributed by atoms with Crippen LogP contribution in [0.2, 0.25) is 0 Å². The molecule has 3 aromatic rings. The molecule has 0 aliphatic rings. The van der Waals surface area contributed by atoms with Crippen molar-refractivity contribution in [1.82, 2.24) is 0 Å². The van der Waals surface area contributed by atoms with E-state index in [1.165, 1.54) is 18.7 Å². The Morgan fingerprint density at radius 2 is 1.60 bits per heavy atom. The van der Waals surface area contributed by atoms with Gasteiger partial charge in [-0.25, -0.2) is 4.79 Å². The number of ether oxygens (including phenoxy) is 1. The molecule has 1 N–H and O–H groups in total. The summed E-state index contributed by atoms with van der Waals surface area (Å²) in [4.78, 5) is 38.3. The SMILES string of the molecule is CSc1ccccc1C(=O)O[C@@H](C(=O)Nc1cccc(C(C)=O)c1)c1ccccc1. The summed E-state index contributed by atoms with van der Waals surface area (Å²) < 4.78 is 5.65. The fourth-order valence-corrected chi connectivity index (χ4v) is 3.49. The van der Waals surface area contributed by atoms with Gasteiger partial charge in [-0.1, -0.05) is 54.6 Å². The lowest BCUT2D eigenvalue weighted by atomic mass is 10.1. The molecule has 152 valence electrons. The monoisotopic (exact) mass is 419 g/mol. The fraction of sp³-hybridized carbons (Fsp3) is 0.125. The first kappa shape index (κ1) is 21.3. The second-order valence-corrected chi connectivity index (χ2v) is 7.37. The summed E-state index contributed by atoms with van der Waals surface area (Å²) in [6.07, 6.45) is 0.727. The summed E-state index contributed by atoms with van der Waals surface area (Å²) in [5, 5.41) is 2.75. The number of hydrogen-bond acceptors (Lipinski definition) is 5. The Kier molecular flexibility index (Phi) is 7.03. The van der Waals surface area contributed by atoms with Crippen LogP contribution in [0.1, 0.15) is 39.3 Å². The zero-order valence-corrected chi connectivity index (χ0v) is 17.4. The number of carbonyl (C=O) groups excluding carboxylic acids is 3. The molecule has 0 heterocycles. The molecule has 0 saturated heterocycles. The topological polar surface area (TPSA) is 72.5 Å². The Balaban J connectivity index is 1.88. The van der Waals surface area contributed by atoms with Crippen molar-refractivity contribution in [1.29, 1.82) is 0 Å². The number of Topliss-reactive ketones (excluding diaryl/α,β-unsaturated/α-hetero) is 1. The maximum Gasteiger partial charge on any atom is 0.340 e. The summed E-state index contributed by atoms with van der Waals surface area (Å²) in [7, 11) is 0. The van der Waals surface area contributed by atoms with Crippen LogP contribution in [0, 0.1) is 0 Å². The number of benzene rings is 3. The average Bonchev–Trinajstić information content (AvgIpc) is 2.77. The molecular weight excluding hydrogens is 398 g/mol. The lowest BCUT2D eigenvalue weighted by Crippen LogP contribution is -2.26. The van der Waals surface area contributed by atoms with E-state index in [1.807, 2.05) is 24.5 Å².